The van der Waals surface area contributed by atoms with Crippen molar-refractivity contribution in [3.63, 3.8) is 0 Å². The van der Waals surface area contributed by atoms with E-state index in [1.54, 1.807) is 7.11 Å². The molecule has 2 aromatic rings. The molecule has 0 bridgehead atoms. The van der Waals surface area contributed by atoms with Gasteiger partial charge in [0.05, 0.1) is 13.7 Å². The zero-order valence-corrected chi connectivity index (χ0v) is 13.9. The van der Waals surface area contributed by atoms with Gasteiger partial charge in [-0.2, -0.15) is 0 Å². The van der Waals surface area contributed by atoms with Crippen LogP contribution in [0.25, 0.3) is 0 Å². The van der Waals surface area contributed by atoms with E-state index in [0.29, 0.717) is 13.2 Å². The van der Waals surface area contributed by atoms with E-state index in [4.69, 9.17) is 9.47 Å². The van der Waals surface area contributed by atoms with Crippen LogP contribution in [0.4, 0.5) is 0 Å². The van der Waals surface area contributed by atoms with Crippen LogP contribution in [-0.4, -0.2) is 13.7 Å². The second-order valence-electron chi connectivity index (χ2n) is 4.58. The van der Waals surface area contributed by atoms with E-state index in [9.17, 15) is 0 Å². The molecule has 1 N–H and O–H groups in total. The average Bonchev–Trinajstić information content (AvgIpc) is 2.51. The summed E-state index contributed by atoms with van der Waals surface area (Å²) in [5, 5.41) is 3.44. The molecule has 0 heterocycles. The summed E-state index contributed by atoms with van der Waals surface area (Å²) in [7, 11) is 1.66. The fourth-order valence-corrected chi connectivity index (χ4v) is 2.59. The van der Waals surface area contributed by atoms with Crippen molar-refractivity contribution >= 4 is 15.9 Å². The minimum atomic E-state index is 0.610. The maximum absolute atomic E-state index is 5.75. The SMILES string of the molecule is CCOc1c(OC)ccc(Br)c1CNCc1ccccc1. The average molecular weight is 350 g/mol. The Balaban J connectivity index is 2.11. The van der Waals surface area contributed by atoms with E-state index < -0.39 is 0 Å². The molecule has 0 saturated heterocycles. The Morgan fingerprint density at radius 1 is 1.05 bits per heavy atom. The second-order valence-corrected chi connectivity index (χ2v) is 5.43. The van der Waals surface area contributed by atoms with E-state index in [1.165, 1.54) is 5.56 Å². The van der Waals surface area contributed by atoms with Crippen LogP contribution in [0, 0.1) is 0 Å². The Hall–Kier alpha value is -1.52. The monoisotopic (exact) mass is 349 g/mol. The Morgan fingerprint density at radius 2 is 1.81 bits per heavy atom. The summed E-state index contributed by atoms with van der Waals surface area (Å²) in [5.41, 5.74) is 2.33. The first-order valence-corrected chi connectivity index (χ1v) is 7.78. The lowest BCUT2D eigenvalue weighted by Gasteiger charge is -2.16. The highest BCUT2D eigenvalue weighted by Crippen LogP contribution is 2.36. The van der Waals surface area contributed by atoms with Crippen LogP contribution < -0.4 is 14.8 Å². The van der Waals surface area contributed by atoms with Crippen LogP contribution in [0.2, 0.25) is 0 Å². The van der Waals surface area contributed by atoms with Crippen molar-refractivity contribution in [3.05, 3.63) is 58.1 Å². The van der Waals surface area contributed by atoms with Gasteiger partial charge in [-0.1, -0.05) is 46.3 Å². The summed E-state index contributed by atoms with van der Waals surface area (Å²) in [6.45, 7) is 4.11. The molecule has 0 spiro atoms. The van der Waals surface area contributed by atoms with Gasteiger partial charge in [0.1, 0.15) is 0 Å². The lowest BCUT2D eigenvalue weighted by Crippen LogP contribution is -2.14. The molecule has 0 aromatic heterocycles. The highest BCUT2D eigenvalue weighted by Gasteiger charge is 2.13. The van der Waals surface area contributed by atoms with Gasteiger partial charge in [-0.15, -0.1) is 0 Å². The predicted molar refractivity (Wildman–Crippen MR) is 88.8 cm³/mol. The van der Waals surface area contributed by atoms with Gasteiger partial charge in [0, 0.05) is 23.1 Å². The van der Waals surface area contributed by atoms with Gasteiger partial charge in [0.15, 0.2) is 11.5 Å². The second kappa shape index (κ2) is 8.05. The maximum atomic E-state index is 5.75. The van der Waals surface area contributed by atoms with Gasteiger partial charge in [0.2, 0.25) is 0 Å². The molecule has 0 aliphatic carbocycles. The molecule has 4 heteroatoms. The first-order chi connectivity index (χ1) is 10.3. The van der Waals surface area contributed by atoms with Crippen molar-refractivity contribution in [2.24, 2.45) is 0 Å². The Labute approximate surface area is 134 Å². The number of rotatable bonds is 7. The van der Waals surface area contributed by atoms with Crippen LogP contribution in [0.15, 0.2) is 46.9 Å². The zero-order chi connectivity index (χ0) is 15.1. The van der Waals surface area contributed by atoms with Crippen LogP contribution in [0.5, 0.6) is 11.5 Å². The van der Waals surface area contributed by atoms with Crippen molar-refractivity contribution in [3.8, 4) is 11.5 Å². The van der Waals surface area contributed by atoms with E-state index in [1.807, 2.05) is 37.3 Å². The first kappa shape index (κ1) is 15.9. The fraction of sp³-hybridized carbons (Fsp3) is 0.294. The van der Waals surface area contributed by atoms with E-state index in [0.717, 1.165) is 28.1 Å². The van der Waals surface area contributed by atoms with Gasteiger partial charge in [-0.05, 0) is 24.6 Å². The Morgan fingerprint density at radius 3 is 2.48 bits per heavy atom. The number of ether oxygens (including phenoxy) is 2. The predicted octanol–water partition coefficient (Wildman–Crippen LogP) is 4.15. The molecule has 2 aromatic carbocycles. The summed E-state index contributed by atoms with van der Waals surface area (Å²) in [6, 6.07) is 14.2. The summed E-state index contributed by atoms with van der Waals surface area (Å²) in [4.78, 5) is 0. The quantitative estimate of drug-likeness (QED) is 0.814. The summed E-state index contributed by atoms with van der Waals surface area (Å²) in [5.74, 6) is 1.56. The highest BCUT2D eigenvalue weighted by atomic mass is 79.9. The molecule has 2 rings (SSSR count). The molecule has 112 valence electrons. The van der Waals surface area contributed by atoms with Crippen molar-refractivity contribution in [2.75, 3.05) is 13.7 Å². The van der Waals surface area contributed by atoms with Crippen molar-refractivity contribution in [1.82, 2.24) is 5.32 Å². The summed E-state index contributed by atoms with van der Waals surface area (Å²) >= 11 is 3.59. The summed E-state index contributed by atoms with van der Waals surface area (Å²) in [6.07, 6.45) is 0. The number of nitrogens with one attached hydrogen (secondary N) is 1. The molecule has 0 amide bonds. The third kappa shape index (κ3) is 4.22. The van der Waals surface area contributed by atoms with Gasteiger partial charge in [0.25, 0.3) is 0 Å². The number of benzene rings is 2. The van der Waals surface area contributed by atoms with Crippen LogP contribution in [0.3, 0.4) is 0 Å². The normalized spacial score (nSPS) is 10.4. The first-order valence-electron chi connectivity index (χ1n) is 6.99. The number of halogens is 1. The number of hydrogen-bond donors (Lipinski definition) is 1. The van der Waals surface area contributed by atoms with Crippen LogP contribution in [-0.2, 0) is 13.1 Å². The minimum absolute atomic E-state index is 0.610. The molecule has 3 nitrogen and oxygen atoms in total. The van der Waals surface area contributed by atoms with Gasteiger partial charge in [-0.25, -0.2) is 0 Å². The van der Waals surface area contributed by atoms with Crippen LogP contribution in [0.1, 0.15) is 18.1 Å². The van der Waals surface area contributed by atoms with Gasteiger partial charge >= 0.3 is 0 Å². The molecular formula is C17H20BrNO2. The van der Waals surface area contributed by atoms with Gasteiger partial charge < -0.3 is 14.8 Å². The molecule has 0 fully saturated rings. The highest BCUT2D eigenvalue weighted by molar-refractivity contribution is 9.10. The largest absolute Gasteiger partial charge is 0.493 e. The molecular weight excluding hydrogens is 330 g/mol. The van der Waals surface area contributed by atoms with E-state index >= 15 is 0 Å². The zero-order valence-electron chi connectivity index (χ0n) is 12.4. The maximum Gasteiger partial charge on any atom is 0.166 e. The Bertz CT molecular complexity index is 573. The summed E-state index contributed by atoms with van der Waals surface area (Å²) < 4.78 is 12.2. The third-order valence-electron chi connectivity index (χ3n) is 3.15. The molecule has 0 unspecified atom stereocenters. The minimum Gasteiger partial charge on any atom is -0.493 e. The van der Waals surface area contributed by atoms with Crippen molar-refractivity contribution in [2.45, 2.75) is 20.0 Å². The third-order valence-corrected chi connectivity index (χ3v) is 3.89. The number of hydrogen-bond acceptors (Lipinski definition) is 3. The molecule has 0 atom stereocenters. The van der Waals surface area contributed by atoms with E-state index in [2.05, 4.69) is 33.4 Å². The standard InChI is InChI=1S/C17H20BrNO2/c1-3-21-17-14(15(18)9-10-16(17)20-2)12-19-11-13-7-5-4-6-8-13/h4-10,19H,3,11-12H2,1-2H3. The molecule has 0 aliphatic heterocycles. The lowest BCUT2D eigenvalue weighted by atomic mass is 10.1. The molecule has 0 saturated carbocycles. The fourth-order valence-electron chi connectivity index (χ4n) is 2.14. The van der Waals surface area contributed by atoms with Crippen molar-refractivity contribution in [1.29, 1.82) is 0 Å². The lowest BCUT2D eigenvalue weighted by molar-refractivity contribution is 0.306. The number of methoxy groups -OCH3 is 1. The van der Waals surface area contributed by atoms with E-state index in [-0.39, 0.29) is 0 Å². The topological polar surface area (TPSA) is 30.5 Å². The van der Waals surface area contributed by atoms with Crippen LogP contribution >= 0.6 is 15.9 Å². The Kier molecular flexibility index (Phi) is 6.08. The molecule has 0 radical (unpaired) electrons. The molecule has 0 aliphatic rings. The smallest absolute Gasteiger partial charge is 0.166 e. The van der Waals surface area contributed by atoms with Gasteiger partial charge in [-0.3, -0.25) is 0 Å². The molecule has 21 heavy (non-hydrogen) atoms. The van der Waals surface area contributed by atoms with Crippen molar-refractivity contribution < 1.29 is 9.47 Å².